The Balaban J connectivity index is 1.90. The maximum absolute atomic E-state index is 12.1. The number of carbonyl (C=O) groups is 2. The number of hydrogen-bond acceptors (Lipinski definition) is 3. The minimum Gasteiger partial charge on any atom is -0.359 e. The van der Waals surface area contributed by atoms with E-state index in [0.717, 1.165) is 0 Å². The molecule has 0 radical (unpaired) electrons. The predicted molar refractivity (Wildman–Crippen MR) is 78.5 cm³/mol. The lowest BCUT2D eigenvalue weighted by molar-refractivity contribution is -0.125. The molecule has 0 aromatic heterocycles. The van der Waals surface area contributed by atoms with Gasteiger partial charge in [0.2, 0.25) is 5.91 Å². The molecule has 1 aliphatic rings. The highest BCUT2D eigenvalue weighted by atomic mass is 16.2. The zero-order chi connectivity index (χ0) is 15.2. The van der Waals surface area contributed by atoms with Gasteiger partial charge in [-0.2, -0.15) is 5.26 Å². The predicted octanol–water partition coefficient (Wildman–Crippen LogP) is 1.55. The summed E-state index contributed by atoms with van der Waals surface area (Å²) in [5.74, 6) is 0.0257. The number of likely N-dealkylation sites (tertiary alicyclic amines) is 1. The van der Waals surface area contributed by atoms with E-state index in [1.807, 2.05) is 6.07 Å². The Morgan fingerprint density at radius 1 is 1.33 bits per heavy atom. The van der Waals surface area contributed by atoms with Crippen LogP contribution in [0.15, 0.2) is 24.3 Å². The second kappa shape index (κ2) is 6.75. The molecule has 1 saturated heterocycles. The van der Waals surface area contributed by atoms with Crippen molar-refractivity contribution in [3.8, 4) is 6.07 Å². The summed E-state index contributed by atoms with van der Waals surface area (Å²) in [4.78, 5) is 25.4. The number of piperidine rings is 1. The van der Waals surface area contributed by atoms with Crippen LogP contribution in [-0.4, -0.2) is 37.0 Å². The molecular weight excluding hydrogens is 268 g/mol. The van der Waals surface area contributed by atoms with Gasteiger partial charge in [-0.3, -0.25) is 4.79 Å². The molecule has 1 fully saturated rings. The van der Waals surface area contributed by atoms with Crippen molar-refractivity contribution in [1.82, 2.24) is 10.2 Å². The Labute approximate surface area is 123 Å². The van der Waals surface area contributed by atoms with E-state index in [-0.39, 0.29) is 17.9 Å². The van der Waals surface area contributed by atoms with Gasteiger partial charge in [0, 0.05) is 31.7 Å². The van der Waals surface area contributed by atoms with Crippen LogP contribution in [0.5, 0.6) is 0 Å². The average molecular weight is 286 g/mol. The standard InChI is InChI=1S/C15H18N4O2/c1-17-14(20)12-5-7-19(8-6-12)15(21)18-13-4-2-3-11(9-13)10-16/h2-4,9,12H,5-8H2,1H3,(H,17,20)(H,18,21). The van der Waals surface area contributed by atoms with Gasteiger partial charge in [-0.1, -0.05) is 6.07 Å². The third kappa shape index (κ3) is 3.72. The third-order valence-electron chi connectivity index (χ3n) is 3.64. The smallest absolute Gasteiger partial charge is 0.321 e. The number of amides is 3. The highest BCUT2D eigenvalue weighted by Gasteiger charge is 2.26. The molecule has 0 bridgehead atoms. The molecule has 0 aliphatic carbocycles. The molecule has 0 atom stereocenters. The Morgan fingerprint density at radius 2 is 2.05 bits per heavy atom. The van der Waals surface area contributed by atoms with Crippen LogP contribution in [0, 0.1) is 17.2 Å². The summed E-state index contributed by atoms with van der Waals surface area (Å²) in [6.07, 6.45) is 1.34. The van der Waals surface area contributed by atoms with Gasteiger partial charge in [-0.15, -0.1) is 0 Å². The lowest BCUT2D eigenvalue weighted by atomic mass is 9.96. The van der Waals surface area contributed by atoms with Crippen LogP contribution in [0.1, 0.15) is 18.4 Å². The number of carbonyl (C=O) groups excluding carboxylic acids is 2. The van der Waals surface area contributed by atoms with Crippen molar-refractivity contribution in [1.29, 1.82) is 5.26 Å². The molecule has 110 valence electrons. The second-order valence-corrected chi connectivity index (χ2v) is 5.00. The van der Waals surface area contributed by atoms with Crippen molar-refractivity contribution < 1.29 is 9.59 Å². The van der Waals surface area contributed by atoms with Crippen molar-refractivity contribution in [2.75, 3.05) is 25.5 Å². The van der Waals surface area contributed by atoms with E-state index >= 15 is 0 Å². The van der Waals surface area contributed by atoms with E-state index < -0.39 is 0 Å². The molecule has 6 nitrogen and oxygen atoms in total. The lowest BCUT2D eigenvalue weighted by Gasteiger charge is -2.31. The number of nitrogens with one attached hydrogen (secondary N) is 2. The number of hydrogen-bond donors (Lipinski definition) is 2. The Hall–Kier alpha value is -2.55. The maximum Gasteiger partial charge on any atom is 0.321 e. The first-order valence-corrected chi connectivity index (χ1v) is 6.91. The summed E-state index contributed by atoms with van der Waals surface area (Å²) < 4.78 is 0. The summed E-state index contributed by atoms with van der Waals surface area (Å²) in [7, 11) is 1.63. The van der Waals surface area contributed by atoms with Crippen molar-refractivity contribution in [2.24, 2.45) is 5.92 Å². The number of rotatable bonds is 2. The minimum absolute atomic E-state index is 0.0130. The van der Waals surface area contributed by atoms with E-state index in [2.05, 4.69) is 10.6 Å². The van der Waals surface area contributed by atoms with Crippen molar-refractivity contribution in [3.63, 3.8) is 0 Å². The maximum atomic E-state index is 12.1. The van der Waals surface area contributed by atoms with Crippen LogP contribution in [0.2, 0.25) is 0 Å². The van der Waals surface area contributed by atoms with E-state index in [1.54, 1.807) is 36.2 Å². The monoisotopic (exact) mass is 286 g/mol. The first kappa shape index (κ1) is 14.9. The van der Waals surface area contributed by atoms with Gasteiger partial charge in [0.25, 0.3) is 0 Å². The fraction of sp³-hybridized carbons (Fsp3) is 0.400. The second-order valence-electron chi connectivity index (χ2n) is 5.00. The van der Waals surface area contributed by atoms with Gasteiger partial charge in [-0.05, 0) is 31.0 Å². The zero-order valence-electron chi connectivity index (χ0n) is 11.9. The highest BCUT2D eigenvalue weighted by molar-refractivity contribution is 5.89. The Morgan fingerprint density at radius 3 is 2.67 bits per heavy atom. The number of nitrogens with zero attached hydrogens (tertiary/aromatic N) is 2. The summed E-state index contributed by atoms with van der Waals surface area (Å²) >= 11 is 0. The van der Waals surface area contributed by atoms with Crippen molar-refractivity contribution in [2.45, 2.75) is 12.8 Å². The number of benzene rings is 1. The van der Waals surface area contributed by atoms with Gasteiger partial charge in [0.15, 0.2) is 0 Å². The van der Waals surface area contributed by atoms with E-state index in [1.165, 1.54) is 0 Å². The molecule has 1 aromatic rings. The van der Waals surface area contributed by atoms with Gasteiger partial charge in [0.05, 0.1) is 11.6 Å². The van der Waals surface area contributed by atoms with Gasteiger partial charge >= 0.3 is 6.03 Å². The van der Waals surface area contributed by atoms with Gasteiger partial charge in [-0.25, -0.2) is 4.79 Å². The molecule has 1 heterocycles. The Bertz CT molecular complexity index is 571. The lowest BCUT2D eigenvalue weighted by Crippen LogP contribution is -2.44. The van der Waals surface area contributed by atoms with Crippen LogP contribution in [-0.2, 0) is 4.79 Å². The summed E-state index contributed by atoms with van der Waals surface area (Å²) in [5.41, 5.74) is 1.11. The normalized spacial score (nSPS) is 15.1. The molecule has 2 N–H and O–H groups in total. The molecule has 6 heteroatoms. The molecule has 1 aromatic carbocycles. The van der Waals surface area contributed by atoms with Gasteiger partial charge in [0.1, 0.15) is 0 Å². The van der Waals surface area contributed by atoms with Crippen LogP contribution in [0.25, 0.3) is 0 Å². The average Bonchev–Trinajstić information content (AvgIpc) is 2.54. The first-order chi connectivity index (χ1) is 10.1. The molecule has 2 rings (SSSR count). The summed E-state index contributed by atoms with van der Waals surface area (Å²) in [5, 5.41) is 14.3. The van der Waals surface area contributed by atoms with Crippen LogP contribution < -0.4 is 10.6 Å². The topological polar surface area (TPSA) is 85.2 Å². The Kier molecular flexibility index (Phi) is 4.77. The fourth-order valence-electron chi connectivity index (χ4n) is 2.42. The van der Waals surface area contributed by atoms with Crippen LogP contribution in [0.4, 0.5) is 10.5 Å². The number of anilines is 1. The van der Waals surface area contributed by atoms with Crippen LogP contribution in [0.3, 0.4) is 0 Å². The molecule has 21 heavy (non-hydrogen) atoms. The number of urea groups is 1. The number of nitriles is 1. The quantitative estimate of drug-likeness (QED) is 0.865. The first-order valence-electron chi connectivity index (χ1n) is 6.91. The molecule has 0 unspecified atom stereocenters. The molecule has 3 amide bonds. The highest BCUT2D eigenvalue weighted by Crippen LogP contribution is 2.18. The molecular formula is C15H18N4O2. The van der Waals surface area contributed by atoms with Crippen molar-refractivity contribution >= 4 is 17.6 Å². The summed E-state index contributed by atoms with van der Waals surface area (Å²) in [6, 6.07) is 8.63. The third-order valence-corrected chi connectivity index (χ3v) is 3.64. The van der Waals surface area contributed by atoms with Gasteiger partial charge < -0.3 is 15.5 Å². The molecule has 0 spiro atoms. The molecule has 0 saturated carbocycles. The van der Waals surface area contributed by atoms with E-state index in [9.17, 15) is 9.59 Å². The summed E-state index contributed by atoms with van der Waals surface area (Å²) in [6.45, 7) is 1.11. The zero-order valence-corrected chi connectivity index (χ0v) is 11.9. The van der Waals surface area contributed by atoms with Crippen LogP contribution >= 0.6 is 0 Å². The van der Waals surface area contributed by atoms with E-state index in [4.69, 9.17) is 5.26 Å². The minimum atomic E-state index is -0.194. The van der Waals surface area contributed by atoms with E-state index in [0.29, 0.717) is 37.2 Å². The van der Waals surface area contributed by atoms with Crippen molar-refractivity contribution in [3.05, 3.63) is 29.8 Å². The largest absolute Gasteiger partial charge is 0.359 e. The fourth-order valence-corrected chi connectivity index (χ4v) is 2.42. The molecule has 1 aliphatic heterocycles. The SMILES string of the molecule is CNC(=O)C1CCN(C(=O)Nc2cccc(C#N)c2)CC1.